The Hall–Kier alpha value is -2.53. The Kier molecular flexibility index (Phi) is 12.2. The molecule has 0 aliphatic heterocycles. The second-order valence-corrected chi connectivity index (χ2v) is 7.65. The van der Waals surface area contributed by atoms with Gasteiger partial charge in [0.25, 0.3) is 0 Å². The summed E-state index contributed by atoms with van der Waals surface area (Å²) >= 11 is 0. The average Bonchev–Trinajstić information content (AvgIpc) is 2.79. The van der Waals surface area contributed by atoms with Crippen molar-refractivity contribution in [3.63, 3.8) is 0 Å². The maximum Gasteiger partial charge on any atom is 0.315 e. The smallest absolute Gasteiger partial charge is 0.315 e. The van der Waals surface area contributed by atoms with E-state index in [0.29, 0.717) is 11.6 Å². The van der Waals surface area contributed by atoms with Crippen LogP contribution in [0.3, 0.4) is 0 Å². The number of aromatic nitrogens is 2. The Labute approximate surface area is 186 Å². The van der Waals surface area contributed by atoms with Crippen LogP contribution in [0, 0.1) is 0 Å². The highest BCUT2D eigenvalue weighted by atomic mass is 16.5. The number of hydrogen-bond acceptors (Lipinski definition) is 5. The van der Waals surface area contributed by atoms with Crippen molar-refractivity contribution in [2.45, 2.75) is 71.6 Å². The highest BCUT2D eigenvalue weighted by Gasteiger charge is 2.06. The van der Waals surface area contributed by atoms with E-state index in [1.54, 1.807) is 12.4 Å². The minimum Gasteiger partial charge on any atom is -0.423 e. The molecule has 2 rings (SSSR count). The highest BCUT2D eigenvalue weighted by Crippen LogP contribution is 2.18. The molecule has 0 spiro atoms. The molecule has 31 heavy (non-hydrogen) atoms. The summed E-state index contributed by atoms with van der Waals surface area (Å²) in [6.45, 7) is 6.01. The van der Waals surface area contributed by atoms with E-state index in [-0.39, 0.29) is 12.4 Å². The molecule has 0 unspecified atom stereocenters. The molecule has 0 atom stereocenters. The number of unbranched alkanes of at least 4 members (excludes halogenated alkanes) is 4. The first kappa shape index (κ1) is 24.7. The number of nitrogens with zero attached hydrogens (tertiary/aromatic N) is 2. The molecule has 1 aromatic carbocycles. The number of benzene rings is 1. The maximum atomic E-state index is 11.9. The first-order valence-electron chi connectivity index (χ1n) is 11.6. The molecule has 5 heteroatoms. The molecule has 0 radical (unpaired) electrons. The molecule has 0 aliphatic carbocycles. The van der Waals surface area contributed by atoms with Crippen molar-refractivity contribution < 1.29 is 14.3 Å². The topological polar surface area (TPSA) is 61.3 Å². The van der Waals surface area contributed by atoms with Crippen LogP contribution < -0.4 is 4.74 Å². The molecule has 0 N–H and O–H groups in total. The lowest BCUT2D eigenvalue weighted by Gasteiger charge is -2.06. The maximum absolute atomic E-state index is 11.9. The standard InChI is InChI=1S/C26H36N2O3/c1-3-5-6-7-10-13-25(29)31-24-20-27-26(28-21-24)23-16-14-22(15-17-23)12-9-8-11-19-30-18-4-2/h7,10,14-17,20-21H,3-6,8-9,11-13,18-19H2,1-2H3/b10-7-. The predicted octanol–water partition coefficient (Wildman–Crippen LogP) is 6.32. The third-order valence-electron chi connectivity index (χ3n) is 4.85. The summed E-state index contributed by atoms with van der Waals surface area (Å²) in [6, 6.07) is 8.35. The highest BCUT2D eigenvalue weighted by molar-refractivity contribution is 5.73. The second-order valence-electron chi connectivity index (χ2n) is 7.65. The number of carbonyl (C=O) groups is 1. The van der Waals surface area contributed by atoms with Crippen LogP contribution in [-0.2, 0) is 16.0 Å². The fraction of sp³-hybridized carbons (Fsp3) is 0.500. The van der Waals surface area contributed by atoms with Crippen molar-refractivity contribution in [3.05, 3.63) is 54.4 Å². The fourth-order valence-corrected chi connectivity index (χ4v) is 3.09. The van der Waals surface area contributed by atoms with Crippen molar-refractivity contribution in [1.82, 2.24) is 9.97 Å². The minimum absolute atomic E-state index is 0.263. The first-order chi connectivity index (χ1) is 15.2. The summed E-state index contributed by atoms with van der Waals surface area (Å²) in [5.74, 6) is 0.694. The van der Waals surface area contributed by atoms with Gasteiger partial charge in [0.15, 0.2) is 11.6 Å². The van der Waals surface area contributed by atoms with Crippen LogP contribution >= 0.6 is 0 Å². The molecule has 0 amide bonds. The Morgan fingerprint density at radius 2 is 1.68 bits per heavy atom. The van der Waals surface area contributed by atoms with Crippen molar-refractivity contribution in [1.29, 1.82) is 0 Å². The molecule has 2 aromatic rings. The second kappa shape index (κ2) is 15.3. The van der Waals surface area contributed by atoms with Gasteiger partial charge in [-0.15, -0.1) is 0 Å². The van der Waals surface area contributed by atoms with Crippen LogP contribution in [0.1, 0.15) is 70.8 Å². The van der Waals surface area contributed by atoms with Gasteiger partial charge >= 0.3 is 5.97 Å². The van der Waals surface area contributed by atoms with Crippen molar-refractivity contribution in [2.75, 3.05) is 13.2 Å². The number of allylic oxidation sites excluding steroid dienone is 1. The van der Waals surface area contributed by atoms with Gasteiger partial charge in [0.2, 0.25) is 0 Å². The molecule has 168 valence electrons. The summed E-state index contributed by atoms with van der Waals surface area (Å²) in [7, 11) is 0. The number of ether oxygens (including phenoxy) is 2. The van der Waals surface area contributed by atoms with Crippen LogP contribution in [0.2, 0.25) is 0 Å². The Bertz CT molecular complexity index is 770. The van der Waals surface area contributed by atoms with Crippen molar-refractivity contribution in [2.24, 2.45) is 0 Å². The molecule has 0 fully saturated rings. The average molecular weight is 425 g/mol. The predicted molar refractivity (Wildman–Crippen MR) is 125 cm³/mol. The normalized spacial score (nSPS) is 11.2. The summed E-state index contributed by atoms with van der Waals surface area (Å²) in [5.41, 5.74) is 2.27. The zero-order chi connectivity index (χ0) is 22.2. The number of rotatable bonds is 15. The molecule has 1 aromatic heterocycles. The van der Waals surface area contributed by atoms with E-state index in [0.717, 1.165) is 57.3 Å². The zero-order valence-corrected chi connectivity index (χ0v) is 19.0. The van der Waals surface area contributed by atoms with Gasteiger partial charge in [-0.25, -0.2) is 9.97 Å². The Morgan fingerprint density at radius 3 is 2.39 bits per heavy atom. The van der Waals surface area contributed by atoms with Crippen LogP contribution in [0.5, 0.6) is 5.75 Å². The summed E-state index contributed by atoms with van der Waals surface area (Å²) in [6.07, 6.45) is 16.1. The monoisotopic (exact) mass is 424 g/mol. The third kappa shape index (κ3) is 10.4. The van der Waals surface area contributed by atoms with Gasteiger partial charge in [-0.2, -0.15) is 0 Å². The van der Waals surface area contributed by atoms with Gasteiger partial charge in [0, 0.05) is 18.8 Å². The molecule has 1 heterocycles. The number of aryl methyl sites for hydroxylation is 1. The summed E-state index contributed by atoms with van der Waals surface area (Å²) in [5, 5.41) is 0. The van der Waals surface area contributed by atoms with Crippen LogP contribution in [0.25, 0.3) is 11.4 Å². The SMILES string of the molecule is CCCC/C=C\CC(=O)Oc1cnc(-c2ccc(CCCCCOCCC)cc2)nc1. The number of esters is 1. The van der Waals surface area contributed by atoms with Gasteiger partial charge in [0.05, 0.1) is 18.8 Å². The van der Waals surface area contributed by atoms with Crippen LogP contribution in [-0.4, -0.2) is 29.2 Å². The number of carbonyl (C=O) groups excluding carboxylic acids is 1. The summed E-state index contributed by atoms with van der Waals surface area (Å²) in [4.78, 5) is 20.6. The van der Waals surface area contributed by atoms with Crippen LogP contribution in [0.4, 0.5) is 0 Å². The quantitative estimate of drug-likeness (QED) is 0.190. The van der Waals surface area contributed by atoms with E-state index in [2.05, 4.69) is 35.9 Å². The van der Waals surface area contributed by atoms with E-state index >= 15 is 0 Å². The zero-order valence-electron chi connectivity index (χ0n) is 19.0. The largest absolute Gasteiger partial charge is 0.423 e. The van der Waals surface area contributed by atoms with Gasteiger partial charge in [0.1, 0.15) is 0 Å². The lowest BCUT2D eigenvalue weighted by atomic mass is 10.0. The van der Waals surface area contributed by atoms with Gasteiger partial charge in [-0.05, 0) is 37.7 Å². The van der Waals surface area contributed by atoms with E-state index in [1.807, 2.05) is 24.3 Å². The molecular weight excluding hydrogens is 388 g/mol. The molecule has 0 aliphatic rings. The lowest BCUT2D eigenvalue weighted by molar-refractivity contribution is -0.133. The first-order valence-corrected chi connectivity index (χ1v) is 11.6. The lowest BCUT2D eigenvalue weighted by Crippen LogP contribution is -2.07. The van der Waals surface area contributed by atoms with Crippen LogP contribution in [0.15, 0.2) is 48.8 Å². The fourth-order valence-electron chi connectivity index (χ4n) is 3.09. The Balaban J connectivity index is 1.74. The number of hydrogen-bond donors (Lipinski definition) is 0. The third-order valence-corrected chi connectivity index (χ3v) is 4.85. The van der Waals surface area contributed by atoms with Gasteiger partial charge in [-0.1, -0.05) is 69.5 Å². The molecule has 0 saturated heterocycles. The molecule has 0 saturated carbocycles. The van der Waals surface area contributed by atoms with Gasteiger partial charge < -0.3 is 9.47 Å². The van der Waals surface area contributed by atoms with Crippen molar-refractivity contribution >= 4 is 5.97 Å². The van der Waals surface area contributed by atoms with Crippen molar-refractivity contribution in [3.8, 4) is 17.1 Å². The van der Waals surface area contributed by atoms with E-state index < -0.39 is 0 Å². The van der Waals surface area contributed by atoms with E-state index in [1.165, 1.54) is 18.4 Å². The van der Waals surface area contributed by atoms with E-state index in [9.17, 15) is 4.79 Å². The molecule has 0 bridgehead atoms. The van der Waals surface area contributed by atoms with E-state index in [4.69, 9.17) is 9.47 Å². The van der Waals surface area contributed by atoms with Gasteiger partial charge in [-0.3, -0.25) is 4.79 Å². The minimum atomic E-state index is -0.301. The molecular formula is C26H36N2O3. The Morgan fingerprint density at radius 1 is 0.903 bits per heavy atom. The molecule has 5 nitrogen and oxygen atoms in total. The summed E-state index contributed by atoms with van der Waals surface area (Å²) < 4.78 is 10.8.